The monoisotopic (exact) mass is 287 g/mol. The summed E-state index contributed by atoms with van der Waals surface area (Å²) in [5.41, 5.74) is 1.78. The number of benzene rings is 1. The van der Waals surface area contributed by atoms with Crippen LogP contribution in [0.3, 0.4) is 0 Å². The lowest BCUT2D eigenvalue weighted by Gasteiger charge is -2.19. The summed E-state index contributed by atoms with van der Waals surface area (Å²) in [4.78, 5) is 11.3. The highest BCUT2D eigenvalue weighted by atomic mass is 16.5. The van der Waals surface area contributed by atoms with Gasteiger partial charge in [0.1, 0.15) is 17.9 Å². The van der Waals surface area contributed by atoms with Crippen LogP contribution in [0.4, 0.5) is 5.69 Å². The zero-order chi connectivity index (χ0) is 14.8. The number of nitrogens with zero attached hydrogens (tertiary/aromatic N) is 3. The number of rotatable bonds is 4. The molecule has 2 aromatic rings. The van der Waals surface area contributed by atoms with E-state index in [0.29, 0.717) is 12.3 Å². The first-order valence-corrected chi connectivity index (χ1v) is 6.76. The Labute approximate surface area is 122 Å². The molecule has 0 fully saturated rings. The summed E-state index contributed by atoms with van der Waals surface area (Å²) in [7, 11) is 1.92. The quantitative estimate of drug-likeness (QED) is 0.876. The molecular weight excluding hydrogens is 270 g/mol. The highest BCUT2D eigenvalue weighted by molar-refractivity contribution is 5.95. The molecule has 0 saturated heterocycles. The average Bonchev–Trinajstić information content (AvgIpc) is 2.90. The summed E-state index contributed by atoms with van der Waals surface area (Å²) in [6.07, 6.45) is 1.68. The van der Waals surface area contributed by atoms with Crippen molar-refractivity contribution in [1.29, 1.82) is 0 Å². The zero-order valence-electron chi connectivity index (χ0n) is 12.0. The van der Waals surface area contributed by atoms with Crippen LogP contribution >= 0.6 is 0 Å². The number of amides is 1. The molecule has 21 heavy (non-hydrogen) atoms. The fourth-order valence-corrected chi connectivity index (χ4v) is 2.29. The molecule has 0 aliphatic carbocycles. The minimum Gasteiger partial charge on any atom is -0.482 e. The topological polar surface area (TPSA) is 81.1 Å². The predicted molar refractivity (Wildman–Crippen MR) is 76.8 cm³/mol. The van der Waals surface area contributed by atoms with Gasteiger partial charge in [-0.3, -0.25) is 4.79 Å². The van der Waals surface area contributed by atoms with Crippen LogP contribution in [0.25, 0.3) is 0 Å². The summed E-state index contributed by atoms with van der Waals surface area (Å²) in [5, 5.41) is 14.1. The number of carbonyl (C=O) groups is 1. The molecule has 2 N–H and O–H groups in total. The van der Waals surface area contributed by atoms with Gasteiger partial charge in [0.25, 0.3) is 5.91 Å². The molecule has 3 rings (SSSR count). The summed E-state index contributed by atoms with van der Waals surface area (Å²) in [5.74, 6) is 1.46. The highest BCUT2D eigenvalue weighted by Gasteiger charge is 2.16. The van der Waals surface area contributed by atoms with E-state index in [1.54, 1.807) is 6.33 Å². The van der Waals surface area contributed by atoms with E-state index in [2.05, 4.69) is 20.8 Å². The summed E-state index contributed by atoms with van der Waals surface area (Å²) in [6.45, 7) is 2.78. The Morgan fingerprint density at radius 3 is 3.14 bits per heavy atom. The van der Waals surface area contributed by atoms with Crippen molar-refractivity contribution in [1.82, 2.24) is 20.1 Å². The van der Waals surface area contributed by atoms with Crippen LogP contribution in [-0.2, 0) is 18.4 Å². The molecule has 7 nitrogen and oxygen atoms in total. The Kier molecular flexibility index (Phi) is 3.57. The maximum atomic E-state index is 11.3. The van der Waals surface area contributed by atoms with Crippen molar-refractivity contribution < 1.29 is 9.53 Å². The summed E-state index contributed by atoms with van der Waals surface area (Å²) >= 11 is 0. The number of aryl methyl sites for hydroxylation is 1. The van der Waals surface area contributed by atoms with Crippen molar-refractivity contribution in [3.05, 3.63) is 35.9 Å². The predicted octanol–water partition coefficient (Wildman–Crippen LogP) is 0.997. The van der Waals surface area contributed by atoms with Gasteiger partial charge in [-0.1, -0.05) is 6.07 Å². The lowest BCUT2D eigenvalue weighted by Crippen LogP contribution is -2.26. The van der Waals surface area contributed by atoms with Crippen LogP contribution in [0.15, 0.2) is 24.5 Å². The molecule has 110 valence electrons. The second-order valence-electron chi connectivity index (χ2n) is 5.07. The molecule has 7 heteroatoms. The molecule has 1 aliphatic rings. The van der Waals surface area contributed by atoms with Gasteiger partial charge in [-0.2, -0.15) is 0 Å². The van der Waals surface area contributed by atoms with Gasteiger partial charge in [0.15, 0.2) is 6.61 Å². The Balaban J connectivity index is 1.67. The first-order valence-electron chi connectivity index (χ1n) is 6.76. The van der Waals surface area contributed by atoms with Crippen LogP contribution in [0.1, 0.15) is 24.4 Å². The smallest absolute Gasteiger partial charge is 0.262 e. The Hall–Kier alpha value is -2.41. The van der Waals surface area contributed by atoms with Crippen molar-refractivity contribution in [2.45, 2.75) is 19.5 Å². The third kappa shape index (κ3) is 2.87. The Morgan fingerprint density at radius 1 is 1.52 bits per heavy atom. The van der Waals surface area contributed by atoms with Gasteiger partial charge in [0.05, 0.1) is 11.7 Å². The van der Waals surface area contributed by atoms with E-state index in [1.807, 2.05) is 36.7 Å². The fourth-order valence-electron chi connectivity index (χ4n) is 2.29. The van der Waals surface area contributed by atoms with Gasteiger partial charge < -0.3 is 19.9 Å². The number of aromatic nitrogens is 3. The number of carbonyl (C=O) groups excluding carboxylic acids is 1. The number of fused-ring (bicyclic) bond motifs is 1. The second-order valence-corrected chi connectivity index (χ2v) is 5.07. The van der Waals surface area contributed by atoms with Crippen molar-refractivity contribution >= 4 is 11.6 Å². The van der Waals surface area contributed by atoms with E-state index in [4.69, 9.17) is 4.74 Å². The van der Waals surface area contributed by atoms with E-state index in [9.17, 15) is 4.79 Å². The van der Waals surface area contributed by atoms with Crippen LogP contribution in [0.5, 0.6) is 5.75 Å². The van der Waals surface area contributed by atoms with Crippen LogP contribution in [0.2, 0.25) is 0 Å². The number of nitrogens with one attached hydrogen (secondary N) is 2. The fraction of sp³-hybridized carbons (Fsp3) is 0.357. The molecular formula is C14H17N5O2. The molecule has 0 bridgehead atoms. The first-order chi connectivity index (χ1) is 10.1. The molecule has 1 unspecified atom stereocenters. The van der Waals surface area contributed by atoms with E-state index < -0.39 is 0 Å². The van der Waals surface area contributed by atoms with Crippen molar-refractivity contribution in [3.8, 4) is 5.75 Å². The number of hydrogen-bond acceptors (Lipinski definition) is 5. The maximum Gasteiger partial charge on any atom is 0.262 e. The lowest BCUT2D eigenvalue weighted by atomic mass is 10.1. The van der Waals surface area contributed by atoms with Gasteiger partial charge >= 0.3 is 0 Å². The largest absolute Gasteiger partial charge is 0.482 e. The number of anilines is 1. The van der Waals surface area contributed by atoms with Crippen LogP contribution in [-0.4, -0.2) is 27.3 Å². The minimum atomic E-state index is -0.125. The molecule has 1 aromatic carbocycles. The van der Waals surface area contributed by atoms with E-state index >= 15 is 0 Å². The number of hydrogen-bond donors (Lipinski definition) is 2. The Bertz CT molecular complexity index is 667. The third-order valence-corrected chi connectivity index (χ3v) is 3.42. The minimum absolute atomic E-state index is 0.0772. The van der Waals surface area contributed by atoms with Gasteiger partial charge in [-0.05, 0) is 24.6 Å². The molecule has 1 amide bonds. The van der Waals surface area contributed by atoms with Crippen molar-refractivity contribution in [3.63, 3.8) is 0 Å². The van der Waals surface area contributed by atoms with Gasteiger partial charge in [0.2, 0.25) is 0 Å². The lowest BCUT2D eigenvalue weighted by molar-refractivity contribution is -0.118. The van der Waals surface area contributed by atoms with E-state index in [1.165, 1.54) is 0 Å². The van der Waals surface area contributed by atoms with E-state index in [-0.39, 0.29) is 18.6 Å². The summed E-state index contributed by atoms with van der Waals surface area (Å²) < 4.78 is 7.22. The van der Waals surface area contributed by atoms with Crippen LogP contribution in [0, 0.1) is 0 Å². The highest BCUT2D eigenvalue weighted by Crippen LogP contribution is 2.28. The summed E-state index contributed by atoms with van der Waals surface area (Å²) in [6, 6.07) is 5.85. The molecule has 1 aliphatic heterocycles. The maximum absolute atomic E-state index is 11.3. The van der Waals surface area contributed by atoms with Crippen LogP contribution < -0.4 is 15.4 Å². The molecule has 1 atom stereocenters. The molecule has 2 heterocycles. The standard InChI is InChI=1S/C14H17N5O2/c1-9(14-18-16-8-19(14)2)15-6-10-3-4-12-11(5-10)17-13(20)7-21-12/h3-5,8-9,15H,6-7H2,1-2H3,(H,17,20). The molecule has 1 aromatic heterocycles. The van der Waals surface area contributed by atoms with Crippen molar-refractivity contribution in [2.24, 2.45) is 7.05 Å². The Morgan fingerprint density at radius 2 is 2.38 bits per heavy atom. The van der Waals surface area contributed by atoms with Crippen molar-refractivity contribution in [2.75, 3.05) is 11.9 Å². The van der Waals surface area contributed by atoms with Gasteiger partial charge in [0, 0.05) is 13.6 Å². The average molecular weight is 287 g/mol. The van der Waals surface area contributed by atoms with Gasteiger partial charge in [-0.25, -0.2) is 0 Å². The third-order valence-electron chi connectivity index (χ3n) is 3.42. The molecule has 0 saturated carbocycles. The van der Waals surface area contributed by atoms with E-state index in [0.717, 1.165) is 17.1 Å². The normalized spacial score (nSPS) is 15.0. The zero-order valence-corrected chi connectivity index (χ0v) is 12.0. The second kappa shape index (κ2) is 5.53. The van der Waals surface area contributed by atoms with Gasteiger partial charge in [-0.15, -0.1) is 10.2 Å². The SMILES string of the molecule is CC(NCc1ccc2c(c1)NC(=O)CO2)c1nncn1C. The first kappa shape index (κ1) is 13.6. The number of ether oxygens (including phenoxy) is 1. The molecule has 0 radical (unpaired) electrons. The molecule has 0 spiro atoms.